The number of hydrogen-bond donors (Lipinski definition) is 0. The maximum atomic E-state index is 11.0. The highest BCUT2D eigenvalue weighted by molar-refractivity contribution is 5.49. The molecular weight excluding hydrogens is 252 g/mol. The average Bonchev–Trinajstić information content (AvgIpc) is 2.39. The lowest BCUT2D eigenvalue weighted by molar-refractivity contribution is -0.387. The molecule has 1 fully saturated rings. The Morgan fingerprint density at radius 2 is 2.11 bits per heavy atom. The molecule has 19 heavy (non-hydrogen) atoms. The van der Waals surface area contributed by atoms with E-state index in [1.165, 1.54) is 0 Å². The molecule has 0 amide bonds. The number of morpholine rings is 1. The summed E-state index contributed by atoms with van der Waals surface area (Å²) >= 11 is 0. The highest BCUT2D eigenvalue weighted by Gasteiger charge is 2.25. The third-order valence-corrected chi connectivity index (χ3v) is 2.77. The van der Waals surface area contributed by atoms with Crippen LogP contribution in [0, 0.1) is 17.0 Å². The molecule has 2 heterocycles. The molecule has 0 N–H and O–H groups in total. The van der Waals surface area contributed by atoms with Gasteiger partial charge in [-0.1, -0.05) is 0 Å². The van der Waals surface area contributed by atoms with E-state index in [1.807, 2.05) is 4.90 Å². The van der Waals surface area contributed by atoms with Gasteiger partial charge in [0.05, 0.1) is 24.7 Å². The van der Waals surface area contributed by atoms with Gasteiger partial charge in [-0.05, 0) is 13.8 Å². The van der Waals surface area contributed by atoms with E-state index in [0.717, 1.165) is 0 Å². The quantitative estimate of drug-likeness (QED) is 0.592. The summed E-state index contributed by atoms with van der Waals surface area (Å²) in [4.78, 5) is 20.8. The molecule has 0 radical (unpaired) electrons. The van der Waals surface area contributed by atoms with Gasteiger partial charge in [-0.25, -0.2) is 4.98 Å². The summed E-state index contributed by atoms with van der Waals surface area (Å²) in [5.74, 6) is 0.483. The van der Waals surface area contributed by atoms with Gasteiger partial charge in [0, 0.05) is 13.1 Å². The molecule has 0 spiro atoms. The van der Waals surface area contributed by atoms with Gasteiger partial charge in [0.2, 0.25) is 5.95 Å². The molecular formula is C11H16N4O4. The lowest BCUT2D eigenvalue weighted by Crippen LogP contribution is -2.37. The van der Waals surface area contributed by atoms with Crippen molar-refractivity contribution in [2.75, 3.05) is 37.8 Å². The van der Waals surface area contributed by atoms with Crippen molar-refractivity contribution in [1.29, 1.82) is 0 Å². The normalized spacial score (nSPS) is 15.4. The number of aromatic nitrogens is 2. The average molecular weight is 268 g/mol. The van der Waals surface area contributed by atoms with Crippen LogP contribution < -0.4 is 9.64 Å². The minimum absolute atomic E-state index is 0.0292. The van der Waals surface area contributed by atoms with E-state index in [-0.39, 0.29) is 11.6 Å². The highest BCUT2D eigenvalue weighted by atomic mass is 16.6. The van der Waals surface area contributed by atoms with E-state index in [9.17, 15) is 10.1 Å². The topological polar surface area (TPSA) is 90.6 Å². The van der Waals surface area contributed by atoms with Crippen LogP contribution >= 0.6 is 0 Å². The standard InChI is InChI=1S/C11H16N4O4/c1-3-19-10-9(15(16)17)8(2)12-11(13-10)14-4-6-18-7-5-14/h3-7H2,1-2H3. The largest absolute Gasteiger partial charge is 0.473 e. The number of hydrogen-bond acceptors (Lipinski definition) is 7. The van der Waals surface area contributed by atoms with Crippen molar-refractivity contribution >= 4 is 11.6 Å². The summed E-state index contributed by atoms with van der Waals surface area (Å²) in [6.07, 6.45) is 0. The molecule has 0 aliphatic carbocycles. The van der Waals surface area contributed by atoms with Crippen LogP contribution in [-0.4, -0.2) is 47.8 Å². The van der Waals surface area contributed by atoms with Gasteiger partial charge in [0.1, 0.15) is 5.69 Å². The predicted molar refractivity (Wildman–Crippen MR) is 67.6 cm³/mol. The minimum Gasteiger partial charge on any atom is -0.473 e. The Hall–Kier alpha value is -1.96. The second-order valence-corrected chi connectivity index (χ2v) is 4.05. The molecule has 1 aliphatic rings. The van der Waals surface area contributed by atoms with Crippen molar-refractivity contribution in [2.45, 2.75) is 13.8 Å². The number of aryl methyl sites for hydroxylation is 1. The van der Waals surface area contributed by atoms with Crippen LogP contribution in [0.4, 0.5) is 11.6 Å². The fourth-order valence-corrected chi connectivity index (χ4v) is 1.88. The van der Waals surface area contributed by atoms with Crippen LogP contribution in [0.15, 0.2) is 0 Å². The molecule has 0 saturated carbocycles. The maximum absolute atomic E-state index is 11.0. The zero-order valence-electron chi connectivity index (χ0n) is 11.0. The van der Waals surface area contributed by atoms with E-state index in [0.29, 0.717) is 44.6 Å². The summed E-state index contributed by atoms with van der Waals surface area (Å²) in [5, 5.41) is 11.0. The van der Waals surface area contributed by atoms with Gasteiger partial charge in [-0.2, -0.15) is 4.98 Å². The fourth-order valence-electron chi connectivity index (χ4n) is 1.88. The lowest BCUT2D eigenvalue weighted by atomic mass is 10.3. The molecule has 0 bridgehead atoms. The van der Waals surface area contributed by atoms with Crippen LogP contribution in [0.25, 0.3) is 0 Å². The molecule has 1 aromatic rings. The summed E-state index contributed by atoms with van der Waals surface area (Å²) in [5.41, 5.74) is 0.142. The van der Waals surface area contributed by atoms with Crippen molar-refractivity contribution < 1.29 is 14.4 Å². The molecule has 8 heteroatoms. The second kappa shape index (κ2) is 5.79. The molecule has 0 atom stereocenters. The molecule has 8 nitrogen and oxygen atoms in total. The summed E-state index contributed by atoms with van der Waals surface area (Å²) < 4.78 is 10.5. The third-order valence-electron chi connectivity index (χ3n) is 2.77. The first-order valence-electron chi connectivity index (χ1n) is 6.12. The van der Waals surface area contributed by atoms with Crippen molar-refractivity contribution in [3.05, 3.63) is 15.8 Å². The van der Waals surface area contributed by atoms with Gasteiger partial charge in [0.25, 0.3) is 5.88 Å². The minimum atomic E-state index is -0.510. The highest BCUT2D eigenvalue weighted by Crippen LogP contribution is 2.29. The number of ether oxygens (including phenoxy) is 2. The zero-order chi connectivity index (χ0) is 13.8. The van der Waals surface area contributed by atoms with Gasteiger partial charge in [-0.15, -0.1) is 0 Å². The van der Waals surface area contributed by atoms with Crippen LogP contribution in [0.1, 0.15) is 12.6 Å². The SMILES string of the molecule is CCOc1nc(N2CCOCC2)nc(C)c1[N+](=O)[O-]. The van der Waals surface area contributed by atoms with Crippen molar-refractivity contribution in [1.82, 2.24) is 9.97 Å². The van der Waals surface area contributed by atoms with Crippen LogP contribution in [0.2, 0.25) is 0 Å². The molecule has 1 saturated heterocycles. The first-order chi connectivity index (χ1) is 9.13. The van der Waals surface area contributed by atoms with Crippen molar-refractivity contribution in [3.8, 4) is 5.88 Å². The summed E-state index contributed by atoms with van der Waals surface area (Å²) in [6.45, 7) is 6.21. The Morgan fingerprint density at radius 1 is 1.42 bits per heavy atom. The second-order valence-electron chi connectivity index (χ2n) is 4.05. The summed E-state index contributed by atoms with van der Waals surface area (Å²) in [7, 11) is 0. The monoisotopic (exact) mass is 268 g/mol. The third kappa shape index (κ3) is 2.90. The molecule has 104 valence electrons. The van der Waals surface area contributed by atoms with E-state index >= 15 is 0 Å². The van der Waals surface area contributed by atoms with Crippen LogP contribution in [0.5, 0.6) is 5.88 Å². The zero-order valence-corrected chi connectivity index (χ0v) is 11.0. The number of nitrogens with zero attached hydrogens (tertiary/aromatic N) is 4. The first kappa shape index (κ1) is 13.5. The molecule has 1 aromatic heterocycles. The number of nitro groups is 1. The van der Waals surface area contributed by atoms with E-state index in [1.54, 1.807) is 13.8 Å². The lowest BCUT2D eigenvalue weighted by Gasteiger charge is -2.27. The van der Waals surface area contributed by atoms with Gasteiger partial charge in [-0.3, -0.25) is 10.1 Å². The Kier molecular flexibility index (Phi) is 4.10. The van der Waals surface area contributed by atoms with Gasteiger partial charge < -0.3 is 14.4 Å². The van der Waals surface area contributed by atoms with Gasteiger partial charge in [0.15, 0.2) is 0 Å². The van der Waals surface area contributed by atoms with Crippen molar-refractivity contribution in [2.24, 2.45) is 0 Å². The Balaban J connectivity index is 2.38. The summed E-state index contributed by atoms with van der Waals surface area (Å²) in [6, 6.07) is 0. The smallest absolute Gasteiger partial charge is 0.352 e. The molecule has 2 rings (SSSR count). The van der Waals surface area contributed by atoms with Crippen LogP contribution in [-0.2, 0) is 4.74 Å². The van der Waals surface area contributed by atoms with Crippen LogP contribution in [0.3, 0.4) is 0 Å². The first-order valence-corrected chi connectivity index (χ1v) is 6.12. The van der Waals surface area contributed by atoms with E-state index in [2.05, 4.69) is 9.97 Å². The Morgan fingerprint density at radius 3 is 2.68 bits per heavy atom. The molecule has 0 aromatic carbocycles. The number of rotatable bonds is 4. The fraction of sp³-hybridized carbons (Fsp3) is 0.636. The number of anilines is 1. The molecule has 1 aliphatic heterocycles. The molecule has 0 unspecified atom stereocenters. The Labute approximate surface area is 110 Å². The maximum Gasteiger partial charge on any atom is 0.352 e. The van der Waals surface area contributed by atoms with E-state index in [4.69, 9.17) is 9.47 Å². The van der Waals surface area contributed by atoms with Gasteiger partial charge >= 0.3 is 5.69 Å². The Bertz CT molecular complexity index is 474. The van der Waals surface area contributed by atoms with Crippen molar-refractivity contribution in [3.63, 3.8) is 0 Å². The van der Waals surface area contributed by atoms with E-state index < -0.39 is 4.92 Å². The predicted octanol–water partition coefficient (Wildman–Crippen LogP) is 0.929.